The van der Waals surface area contributed by atoms with Crippen molar-refractivity contribution in [1.29, 1.82) is 0 Å². The smallest absolute Gasteiger partial charge is 0.287 e. The molecule has 3 aromatic rings. The highest BCUT2D eigenvalue weighted by Crippen LogP contribution is 2.25. The zero-order valence-corrected chi connectivity index (χ0v) is 18.3. The van der Waals surface area contributed by atoms with Gasteiger partial charge in [0.25, 0.3) is 5.91 Å². The molecule has 0 aliphatic rings. The van der Waals surface area contributed by atoms with Gasteiger partial charge < -0.3 is 14.5 Å². The number of halogens is 1. The van der Waals surface area contributed by atoms with Crippen molar-refractivity contribution < 1.29 is 13.9 Å². The number of amides is 1. The number of hydrogen-bond donors (Lipinski definition) is 1. The molecule has 1 amide bonds. The summed E-state index contributed by atoms with van der Waals surface area (Å²) in [6, 6.07) is 18.8. The molecule has 0 saturated heterocycles. The van der Waals surface area contributed by atoms with Crippen LogP contribution in [0.3, 0.4) is 0 Å². The Morgan fingerprint density at radius 1 is 1.10 bits per heavy atom. The number of carbonyl (C=O) groups excluding carboxylic acids is 1. The van der Waals surface area contributed by atoms with E-state index in [1.165, 1.54) is 0 Å². The average molecular weight is 427 g/mol. The molecule has 0 spiro atoms. The molecule has 0 aliphatic carbocycles. The van der Waals surface area contributed by atoms with E-state index < -0.39 is 0 Å². The van der Waals surface area contributed by atoms with Gasteiger partial charge in [0.15, 0.2) is 5.76 Å². The standard InChI is InChI=1S/C24H27ClN2O3/c1-4-27(5-2)21(18-7-6-8-20(15-18)29-3)16-26-24(28)23-14-13-22(30-23)17-9-11-19(25)12-10-17/h6-15,21H,4-5,16H2,1-3H3,(H,26,28). The summed E-state index contributed by atoms with van der Waals surface area (Å²) >= 11 is 5.94. The van der Waals surface area contributed by atoms with Gasteiger partial charge in [0.1, 0.15) is 11.5 Å². The molecule has 0 aliphatic heterocycles. The summed E-state index contributed by atoms with van der Waals surface area (Å²) in [6.07, 6.45) is 0. The maximum Gasteiger partial charge on any atom is 0.287 e. The molecular weight excluding hydrogens is 400 g/mol. The summed E-state index contributed by atoms with van der Waals surface area (Å²) in [6.45, 7) is 6.43. The topological polar surface area (TPSA) is 54.7 Å². The molecule has 5 nitrogen and oxygen atoms in total. The maximum absolute atomic E-state index is 12.7. The first-order valence-corrected chi connectivity index (χ1v) is 10.5. The van der Waals surface area contributed by atoms with Crippen molar-refractivity contribution in [1.82, 2.24) is 10.2 Å². The quantitative estimate of drug-likeness (QED) is 0.496. The normalized spacial score (nSPS) is 12.0. The van der Waals surface area contributed by atoms with Gasteiger partial charge in [0, 0.05) is 17.1 Å². The number of likely N-dealkylation sites (N-methyl/N-ethyl adjacent to an activating group) is 1. The van der Waals surface area contributed by atoms with Gasteiger partial charge in [-0.1, -0.05) is 37.6 Å². The summed E-state index contributed by atoms with van der Waals surface area (Å²) in [7, 11) is 1.66. The summed E-state index contributed by atoms with van der Waals surface area (Å²) in [4.78, 5) is 15.0. The lowest BCUT2D eigenvalue weighted by molar-refractivity contribution is 0.0908. The molecule has 0 radical (unpaired) electrons. The predicted octanol–water partition coefficient (Wildman–Crippen LogP) is 5.42. The van der Waals surface area contributed by atoms with Crippen LogP contribution in [0.15, 0.2) is 65.1 Å². The number of methoxy groups -OCH3 is 1. The van der Waals surface area contributed by atoms with Crippen LogP contribution in [0.5, 0.6) is 5.75 Å². The van der Waals surface area contributed by atoms with E-state index in [4.69, 9.17) is 20.8 Å². The summed E-state index contributed by atoms with van der Waals surface area (Å²) in [5, 5.41) is 3.68. The Morgan fingerprint density at radius 3 is 2.50 bits per heavy atom. The van der Waals surface area contributed by atoms with Crippen LogP contribution in [0.25, 0.3) is 11.3 Å². The van der Waals surface area contributed by atoms with Crippen molar-refractivity contribution in [3.05, 3.63) is 77.0 Å². The van der Waals surface area contributed by atoms with Crippen molar-refractivity contribution in [3.8, 4) is 17.1 Å². The van der Waals surface area contributed by atoms with Gasteiger partial charge >= 0.3 is 0 Å². The van der Waals surface area contributed by atoms with Crippen molar-refractivity contribution in [2.75, 3.05) is 26.7 Å². The van der Waals surface area contributed by atoms with E-state index >= 15 is 0 Å². The average Bonchev–Trinajstić information content (AvgIpc) is 3.27. The number of hydrogen-bond acceptors (Lipinski definition) is 4. The zero-order valence-electron chi connectivity index (χ0n) is 17.5. The Bertz CT molecular complexity index is 965. The predicted molar refractivity (Wildman–Crippen MR) is 120 cm³/mol. The lowest BCUT2D eigenvalue weighted by atomic mass is 10.0. The van der Waals surface area contributed by atoms with Crippen molar-refractivity contribution in [2.24, 2.45) is 0 Å². The van der Waals surface area contributed by atoms with E-state index in [0.717, 1.165) is 30.0 Å². The molecule has 1 aromatic heterocycles. The Balaban J connectivity index is 1.73. The Labute approximate surface area is 182 Å². The van der Waals surface area contributed by atoms with Gasteiger partial charge in [0.05, 0.1) is 13.2 Å². The molecule has 1 heterocycles. The van der Waals surface area contributed by atoms with Gasteiger partial charge in [-0.15, -0.1) is 0 Å². The van der Waals surface area contributed by atoms with E-state index in [0.29, 0.717) is 17.3 Å². The first-order chi connectivity index (χ1) is 14.5. The first kappa shape index (κ1) is 21.9. The minimum atomic E-state index is -0.240. The highest BCUT2D eigenvalue weighted by atomic mass is 35.5. The number of ether oxygens (including phenoxy) is 1. The van der Waals surface area contributed by atoms with E-state index in [1.807, 2.05) is 30.3 Å². The molecule has 1 atom stereocenters. The van der Waals surface area contributed by atoms with Crippen LogP contribution in [0.4, 0.5) is 0 Å². The number of benzene rings is 2. The Kier molecular flexibility index (Phi) is 7.55. The third-order valence-corrected chi connectivity index (χ3v) is 5.40. The highest BCUT2D eigenvalue weighted by Gasteiger charge is 2.21. The number of carbonyl (C=O) groups is 1. The lowest BCUT2D eigenvalue weighted by Crippen LogP contribution is -2.38. The molecule has 1 unspecified atom stereocenters. The van der Waals surface area contributed by atoms with E-state index in [-0.39, 0.29) is 17.7 Å². The Morgan fingerprint density at radius 2 is 1.83 bits per heavy atom. The molecule has 3 rings (SSSR count). The van der Waals surface area contributed by atoms with Gasteiger partial charge in [0.2, 0.25) is 0 Å². The second-order valence-corrected chi connectivity index (χ2v) is 7.33. The van der Waals surface area contributed by atoms with Crippen molar-refractivity contribution in [2.45, 2.75) is 19.9 Å². The minimum absolute atomic E-state index is 0.0322. The fourth-order valence-corrected chi connectivity index (χ4v) is 3.60. The number of nitrogens with one attached hydrogen (secondary N) is 1. The number of furan rings is 1. The van der Waals surface area contributed by atoms with Crippen LogP contribution in [0.2, 0.25) is 5.02 Å². The second kappa shape index (κ2) is 10.3. The van der Waals surface area contributed by atoms with E-state index in [1.54, 1.807) is 31.4 Å². The molecule has 2 aromatic carbocycles. The molecule has 30 heavy (non-hydrogen) atoms. The minimum Gasteiger partial charge on any atom is -0.497 e. The third-order valence-electron chi connectivity index (χ3n) is 5.15. The summed E-state index contributed by atoms with van der Waals surface area (Å²) in [5.74, 6) is 1.47. The largest absolute Gasteiger partial charge is 0.497 e. The van der Waals surface area contributed by atoms with Gasteiger partial charge in [-0.05, 0) is 67.2 Å². The molecule has 158 valence electrons. The maximum atomic E-state index is 12.7. The van der Waals surface area contributed by atoms with Gasteiger partial charge in [-0.2, -0.15) is 0 Å². The van der Waals surface area contributed by atoms with Crippen LogP contribution >= 0.6 is 11.6 Å². The fraction of sp³-hybridized carbons (Fsp3) is 0.292. The number of rotatable bonds is 9. The third kappa shape index (κ3) is 5.23. The van der Waals surface area contributed by atoms with Gasteiger partial charge in [-0.25, -0.2) is 0 Å². The molecule has 0 bridgehead atoms. The van der Waals surface area contributed by atoms with E-state index in [9.17, 15) is 4.79 Å². The van der Waals surface area contributed by atoms with Crippen LogP contribution < -0.4 is 10.1 Å². The zero-order chi connectivity index (χ0) is 21.5. The fourth-order valence-electron chi connectivity index (χ4n) is 3.48. The second-order valence-electron chi connectivity index (χ2n) is 6.89. The molecule has 1 N–H and O–H groups in total. The SMILES string of the molecule is CCN(CC)C(CNC(=O)c1ccc(-c2ccc(Cl)cc2)o1)c1cccc(OC)c1. The number of nitrogens with zero attached hydrogens (tertiary/aromatic N) is 1. The van der Waals surface area contributed by atoms with Crippen LogP contribution in [0.1, 0.15) is 36.0 Å². The Hall–Kier alpha value is -2.76. The van der Waals surface area contributed by atoms with Crippen LogP contribution in [-0.2, 0) is 0 Å². The molecule has 0 fully saturated rings. The van der Waals surface area contributed by atoms with Crippen molar-refractivity contribution >= 4 is 17.5 Å². The summed E-state index contributed by atoms with van der Waals surface area (Å²) in [5.41, 5.74) is 1.97. The summed E-state index contributed by atoms with van der Waals surface area (Å²) < 4.78 is 11.1. The highest BCUT2D eigenvalue weighted by molar-refractivity contribution is 6.30. The van der Waals surface area contributed by atoms with Crippen LogP contribution in [0, 0.1) is 0 Å². The molecule has 0 saturated carbocycles. The van der Waals surface area contributed by atoms with E-state index in [2.05, 4.69) is 30.1 Å². The molecular formula is C24H27ClN2O3. The lowest BCUT2D eigenvalue weighted by Gasteiger charge is -2.30. The first-order valence-electron chi connectivity index (χ1n) is 10.1. The van der Waals surface area contributed by atoms with Crippen LogP contribution in [-0.4, -0.2) is 37.6 Å². The van der Waals surface area contributed by atoms with Crippen molar-refractivity contribution in [3.63, 3.8) is 0 Å². The monoisotopic (exact) mass is 426 g/mol. The molecule has 6 heteroatoms. The van der Waals surface area contributed by atoms with Gasteiger partial charge in [-0.3, -0.25) is 9.69 Å².